The van der Waals surface area contributed by atoms with Crippen LogP contribution in [0.3, 0.4) is 0 Å². The third-order valence-corrected chi connectivity index (χ3v) is 15.2. The first-order valence-electron chi connectivity index (χ1n) is 15.1. The van der Waals surface area contributed by atoms with Gasteiger partial charge in [-0.1, -0.05) is 148 Å². The van der Waals surface area contributed by atoms with Gasteiger partial charge in [-0.05, 0) is 43.1 Å². The van der Waals surface area contributed by atoms with E-state index in [0.717, 1.165) is 39.9 Å². The summed E-state index contributed by atoms with van der Waals surface area (Å²) in [4.78, 5) is 0. The van der Waals surface area contributed by atoms with E-state index >= 15 is 9.13 Å². The number of aryl methyl sites for hydroxylation is 1. The molecule has 1 saturated carbocycles. The highest BCUT2D eigenvalue weighted by molar-refractivity contribution is 7.87. The van der Waals surface area contributed by atoms with Gasteiger partial charge in [0.1, 0.15) is 7.14 Å². The van der Waals surface area contributed by atoms with E-state index in [0.29, 0.717) is 23.1 Å². The Morgan fingerprint density at radius 3 is 1.79 bits per heavy atom. The molecule has 0 aromatic heterocycles. The predicted octanol–water partition coefficient (Wildman–Crippen LogP) is 9.61. The van der Waals surface area contributed by atoms with E-state index < -0.39 is 14.3 Å². The maximum Gasteiger partial charge on any atom is 0.179 e. The second kappa shape index (κ2) is 13.0. The first kappa shape index (κ1) is 30.3. The summed E-state index contributed by atoms with van der Waals surface area (Å²) in [6.07, 6.45) is 3.16. The molecule has 1 fully saturated rings. The molecule has 0 heterocycles. The molecule has 4 aromatic carbocycles. The fraction of sp³-hybridized carbons (Fsp3) is 0.289. The van der Waals surface area contributed by atoms with E-state index in [4.69, 9.17) is 0 Å². The predicted molar refractivity (Wildman–Crippen MR) is 181 cm³/mol. The number of rotatable bonds is 8. The van der Waals surface area contributed by atoms with Crippen molar-refractivity contribution in [1.82, 2.24) is 0 Å². The largest absolute Gasteiger partial charge is 0.313 e. The van der Waals surface area contributed by atoms with Gasteiger partial charge in [0, 0.05) is 27.4 Å². The molecule has 0 unspecified atom stereocenters. The fourth-order valence-corrected chi connectivity index (χ4v) is 12.8. The maximum atomic E-state index is 15.7. The molecule has 42 heavy (non-hydrogen) atoms. The molecule has 4 aromatic rings. The molecule has 5 rings (SSSR count). The van der Waals surface area contributed by atoms with Crippen molar-refractivity contribution >= 4 is 35.5 Å². The molecule has 0 bridgehead atoms. The van der Waals surface area contributed by atoms with Crippen molar-refractivity contribution in [2.75, 3.05) is 0 Å². The van der Waals surface area contributed by atoms with Crippen LogP contribution < -0.4 is 15.9 Å². The molecular formula is C38H42O2P2. The van der Waals surface area contributed by atoms with Crippen molar-refractivity contribution in [3.8, 4) is 0 Å². The summed E-state index contributed by atoms with van der Waals surface area (Å²) in [6, 6.07) is 37.5. The second-order valence-corrected chi connectivity index (χ2v) is 17.8. The van der Waals surface area contributed by atoms with Crippen molar-refractivity contribution in [1.29, 1.82) is 0 Å². The Hall–Kier alpha value is -3.14. The molecule has 4 atom stereocenters. The Balaban J connectivity index is 1.83. The van der Waals surface area contributed by atoms with E-state index in [9.17, 15) is 0 Å². The normalized spacial score (nSPS) is 20.4. The summed E-state index contributed by atoms with van der Waals surface area (Å²) >= 11 is 0. The monoisotopic (exact) mass is 592 g/mol. The molecular weight excluding hydrogens is 550 g/mol. The molecule has 0 amide bonds. The topological polar surface area (TPSA) is 34.1 Å². The molecule has 0 radical (unpaired) electrons. The molecule has 0 aliphatic heterocycles. The van der Waals surface area contributed by atoms with E-state index in [1.807, 2.05) is 109 Å². The SMILES string of the molecule is Cc1ccc([P@@](=O)(C=C=C(c2ccccc2)P(=O)(c2ccccc2)c2ccccc2)[C@@H]2C[C@H](C)CC[C@H]2C(C)C)cc1. The highest BCUT2D eigenvalue weighted by Gasteiger charge is 2.43. The number of benzene rings is 4. The summed E-state index contributed by atoms with van der Waals surface area (Å²) in [5.74, 6) is 3.14. The lowest BCUT2D eigenvalue weighted by Gasteiger charge is -2.40. The van der Waals surface area contributed by atoms with E-state index in [-0.39, 0.29) is 5.66 Å². The molecule has 216 valence electrons. The van der Waals surface area contributed by atoms with E-state index in [1.165, 1.54) is 6.42 Å². The minimum Gasteiger partial charge on any atom is -0.313 e. The van der Waals surface area contributed by atoms with E-state index in [2.05, 4.69) is 45.6 Å². The van der Waals surface area contributed by atoms with Gasteiger partial charge in [-0.2, -0.15) is 0 Å². The van der Waals surface area contributed by atoms with Crippen molar-refractivity contribution in [2.45, 2.75) is 52.6 Å². The van der Waals surface area contributed by atoms with Crippen molar-refractivity contribution in [3.05, 3.63) is 138 Å². The van der Waals surface area contributed by atoms with Gasteiger partial charge in [0.05, 0.1) is 5.31 Å². The quantitative estimate of drug-likeness (QED) is 0.151. The molecule has 2 nitrogen and oxygen atoms in total. The molecule has 1 aliphatic rings. The van der Waals surface area contributed by atoms with Crippen LogP contribution in [0.1, 0.15) is 51.2 Å². The second-order valence-electron chi connectivity index (χ2n) is 12.2. The van der Waals surface area contributed by atoms with Gasteiger partial charge in [0.15, 0.2) is 7.14 Å². The van der Waals surface area contributed by atoms with Crippen molar-refractivity contribution < 1.29 is 9.13 Å². The van der Waals surface area contributed by atoms with Gasteiger partial charge < -0.3 is 9.13 Å². The maximum absolute atomic E-state index is 15.7. The number of hydrogen-bond acceptors (Lipinski definition) is 2. The van der Waals surface area contributed by atoms with Crippen molar-refractivity contribution in [2.24, 2.45) is 17.8 Å². The first-order chi connectivity index (χ1) is 20.2. The Morgan fingerprint density at radius 2 is 1.26 bits per heavy atom. The van der Waals surface area contributed by atoms with Crippen LogP contribution in [0.25, 0.3) is 5.31 Å². The van der Waals surface area contributed by atoms with Crippen LogP contribution in [0.5, 0.6) is 0 Å². The van der Waals surface area contributed by atoms with Gasteiger partial charge in [-0.25, -0.2) is 0 Å². The highest BCUT2D eigenvalue weighted by atomic mass is 31.2. The minimum atomic E-state index is -3.37. The zero-order valence-corrected chi connectivity index (χ0v) is 27.0. The first-order valence-corrected chi connectivity index (χ1v) is 18.7. The van der Waals surface area contributed by atoms with Gasteiger partial charge >= 0.3 is 0 Å². The zero-order valence-electron chi connectivity index (χ0n) is 25.2. The summed E-state index contributed by atoms with van der Waals surface area (Å²) in [6.45, 7) is 8.88. The molecule has 0 spiro atoms. The Morgan fingerprint density at radius 1 is 0.738 bits per heavy atom. The van der Waals surface area contributed by atoms with Crippen LogP contribution >= 0.6 is 14.3 Å². The Labute approximate surface area is 252 Å². The molecule has 4 heteroatoms. The molecule has 0 saturated heterocycles. The lowest BCUT2D eigenvalue weighted by molar-refractivity contribution is 0.238. The van der Waals surface area contributed by atoms with Crippen LogP contribution in [0.4, 0.5) is 0 Å². The minimum absolute atomic E-state index is 0.0151. The fourth-order valence-electron chi connectivity index (χ4n) is 6.52. The Kier molecular flexibility index (Phi) is 9.40. The van der Waals surface area contributed by atoms with Crippen LogP contribution in [0.2, 0.25) is 0 Å². The third-order valence-electron chi connectivity index (χ3n) is 8.91. The average Bonchev–Trinajstić information content (AvgIpc) is 3.02. The van der Waals surface area contributed by atoms with Crippen LogP contribution in [-0.4, -0.2) is 5.66 Å². The van der Waals surface area contributed by atoms with Gasteiger partial charge in [-0.15, -0.1) is 5.73 Å². The smallest absolute Gasteiger partial charge is 0.179 e. The third kappa shape index (κ3) is 6.14. The Bertz CT molecular complexity index is 1590. The lowest BCUT2D eigenvalue weighted by Crippen LogP contribution is -2.34. The average molecular weight is 593 g/mol. The van der Waals surface area contributed by atoms with E-state index in [1.54, 1.807) is 0 Å². The summed E-state index contributed by atoms with van der Waals surface area (Å²) < 4.78 is 31.3. The summed E-state index contributed by atoms with van der Waals surface area (Å²) in [7, 11) is -6.49. The van der Waals surface area contributed by atoms with Gasteiger partial charge in [-0.3, -0.25) is 0 Å². The van der Waals surface area contributed by atoms with Gasteiger partial charge in [0.2, 0.25) is 0 Å². The van der Waals surface area contributed by atoms with Crippen LogP contribution in [0, 0.1) is 24.7 Å². The zero-order chi connectivity index (χ0) is 29.7. The standard InChI is InChI=1S/C38H42O2P2/c1-29(2)36-25-22-31(4)28-38(36)41(39,33-23-20-30(3)21-24-33)27-26-37(32-14-8-5-9-15-32)42(40,34-16-10-6-11-17-34)35-18-12-7-13-19-35/h5-21,23-24,27,29,31,36,38H,22,25,28H2,1-4H3/t26?,31-,36+,38-,41+/m1/s1. The summed E-state index contributed by atoms with van der Waals surface area (Å²) in [5, 5.41) is 2.95. The summed E-state index contributed by atoms with van der Waals surface area (Å²) in [5.41, 5.74) is 5.55. The lowest BCUT2D eigenvalue weighted by atomic mass is 9.77. The van der Waals surface area contributed by atoms with Crippen molar-refractivity contribution in [3.63, 3.8) is 0 Å². The number of hydrogen-bond donors (Lipinski definition) is 0. The molecule has 1 aliphatic carbocycles. The highest BCUT2D eigenvalue weighted by Crippen LogP contribution is 2.61. The van der Waals surface area contributed by atoms with Crippen LogP contribution in [-0.2, 0) is 9.13 Å². The van der Waals surface area contributed by atoms with Crippen LogP contribution in [0.15, 0.2) is 127 Å². The van der Waals surface area contributed by atoms with Gasteiger partial charge in [0.25, 0.3) is 0 Å². The molecule has 0 N–H and O–H groups in total.